The number of carbonyl (C=O) groups is 3. The molecule has 0 aromatic rings. The summed E-state index contributed by atoms with van der Waals surface area (Å²) in [5, 5.41) is 12.3. The summed E-state index contributed by atoms with van der Waals surface area (Å²) in [6.07, 6.45) is 4.81. The van der Waals surface area contributed by atoms with E-state index in [1.54, 1.807) is 11.8 Å². The maximum Gasteiger partial charge on any atom is 0.312 e. The number of fused-ring (bicyclic) bond motifs is 1. The zero-order chi connectivity index (χ0) is 25.3. The molecule has 0 radical (unpaired) electrons. The average molecular weight is 481 g/mol. The van der Waals surface area contributed by atoms with Crippen molar-refractivity contribution in [2.45, 2.75) is 110 Å². The Morgan fingerprint density at radius 3 is 2.47 bits per heavy atom. The van der Waals surface area contributed by atoms with E-state index in [1.165, 1.54) is 0 Å². The highest BCUT2D eigenvalue weighted by Crippen LogP contribution is 2.58. The van der Waals surface area contributed by atoms with E-state index in [0.717, 1.165) is 32.1 Å². The molecule has 3 aliphatic heterocycles. The number of nitrogens with one attached hydrogen (secondary N) is 1. The minimum atomic E-state index is -0.980. The number of ether oxygens (including phenoxy) is 2. The van der Waals surface area contributed by atoms with Crippen LogP contribution in [-0.4, -0.2) is 70.8 Å². The lowest BCUT2D eigenvalue weighted by molar-refractivity contribution is -0.154. The van der Waals surface area contributed by atoms with E-state index in [1.807, 2.05) is 13.8 Å². The SMILES string of the molecule is CCOC(=O)[C@@H]1[C@@H]2CCC3(O2)C(C(=O)NC(C)(C)CC(C)(C)C)N(CCCCCCO)C(=O)[C@H]13. The molecule has 3 fully saturated rings. The first-order chi connectivity index (χ1) is 15.9. The molecular formula is C26H44N2O6. The average Bonchev–Trinajstić information content (AvgIpc) is 3.33. The number of aliphatic hydroxyl groups is 1. The molecule has 1 spiro atoms. The highest BCUT2D eigenvalue weighted by atomic mass is 16.6. The van der Waals surface area contributed by atoms with Crippen LogP contribution in [0.1, 0.15) is 86.5 Å². The van der Waals surface area contributed by atoms with Gasteiger partial charge in [0.2, 0.25) is 11.8 Å². The van der Waals surface area contributed by atoms with Gasteiger partial charge in [-0.1, -0.05) is 33.6 Å². The molecule has 3 saturated heterocycles. The van der Waals surface area contributed by atoms with Crippen molar-refractivity contribution in [1.29, 1.82) is 0 Å². The summed E-state index contributed by atoms with van der Waals surface area (Å²) < 4.78 is 11.7. The number of hydrogen-bond acceptors (Lipinski definition) is 6. The van der Waals surface area contributed by atoms with Gasteiger partial charge in [0.05, 0.1) is 24.5 Å². The zero-order valence-corrected chi connectivity index (χ0v) is 21.8. The monoisotopic (exact) mass is 480 g/mol. The van der Waals surface area contributed by atoms with Gasteiger partial charge in [-0.25, -0.2) is 0 Å². The molecule has 2 unspecified atom stereocenters. The van der Waals surface area contributed by atoms with Crippen LogP contribution in [0.3, 0.4) is 0 Å². The summed E-state index contributed by atoms with van der Waals surface area (Å²) >= 11 is 0. The van der Waals surface area contributed by atoms with Crippen molar-refractivity contribution in [1.82, 2.24) is 10.2 Å². The van der Waals surface area contributed by atoms with Gasteiger partial charge in [-0.3, -0.25) is 14.4 Å². The van der Waals surface area contributed by atoms with Crippen LogP contribution in [0.5, 0.6) is 0 Å². The predicted octanol–water partition coefficient (Wildman–Crippen LogP) is 2.81. The predicted molar refractivity (Wildman–Crippen MR) is 128 cm³/mol. The second kappa shape index (κ2) is 10.1. The van der Waals surface area contributed by atoms with Crippen molar-refractivity contribution >= 4 is 17.8 Å². The molecule has 0 aromatic carbocycles. The second-order valence-electron chi connectivity index (χ2n) is 12.1. The standard InChI is InChI=1S/C26H44N2O6/c1-7-33-23(32)18-17-12-13-26(34-17)19(18)22(31)28(14-10-8-9-11-15-29)20(26)21(30)27-25(5,6)16-24(2,3)4/h17-20,29H,7-16H2,1-6H3,(H,27,30)/t17-,18+,19-,20?,26?/m0/s1. The molecule has 0 aromatic heterocycles. The molecule has 3 heterocycles. The molecule has 3 rings (SSSR count). The van der Waals surface area contributed by atoms with Crippen LogP contribution in [0.4, 0.5) is 0 Å². The maximum atomic E-state index is 13.8. The Morgan fingerprint density at radius 1 is 1.18 bits per heavy atom. The van der Waals surface area contributed by atoms with Crippen LogP contribution in [0.2, 0.25) is 0 Å². The number of esters is 1. The van der Waals surface area contributed by atoms with Crippen molar-refractivity contribution in [2.75, 3.05) is 19.8 Å². The van der Waals surface area contributed by atoms with Gasteiger partial charge in [0.1, 0.15) is 11.6 Å². The van der Waals surface area contributed by atoms with Gasteiger partial charge in [-0.2, -0.15) is 0 Å². The van der Waals surface area contributed by atoms with Gasteiger partial charge >= 0.3 is 5.97 Å². The molecule has 0 aliphatic carbocycles. The van der Waals surface area contributed by atoms with Crippen molar-refractivity contribution < 1.29 is 29.0 Å². The molecule has 0 saturated carbocycles. The Labute approximate surface area is 204 Å². The minimum absolute atomic E-state index is 0.0206. The largest absolute Gasteiger partial charge is 0.466 e. The Balaban J connectivity index is 1.88. The van der Waals surface area contributed by atoms with E-state index in [9.17, 15) is 14.4 Å². The maximum absolute atomic E-state index is 13.8. The highest BCUT2D eigenvalue weighted by Gasteiger charge is 2.74. The Hall–Kier alpha value is -1.67. The number of aliphatic hydroxyl groups excluding tert-OH is 1. The number of nitrogens with zero attached hydrogens (tertiary/aromatic N) is 1. The van der Waals surface area contributed by atoms with Crippen molar-refractivity contribution in [3.05, 3.63) is 0 Å². The fourth-order valence-corrected chi connectivity index (χ4v) is 6.72. The highest BCUT2D eigenvalue weighted by molar-refractivity contribution is 5.98. The third kappa shape index (κ3) is 5.27. The van der Waals surface area contributed by atoms with Crippen molar-refractivity contribution in [2.24, 2.45) is 17.3 Å². The third-order valence-corrected chi connectivity index (χ3v) is 7.35. The lowest BCUT2D eigenvalue weighted by Gasteiger charge is -2.38. The summed E-state index contributed by atoms with van der Waals surface area (Å²) in [6.45, 7) is 13.0. The quantitative estimate of drug-likeness (QED) is 0.348. The number of unbranched alkanes of at least 4 members (excludes halogenated alkanes) is 3. The molecule has 2 N–H and O–H groups in total. The number of amides is 2. The van der Waals surface area contributed by atoms with E-state index in [-0.39, 0.29) is 36.5 Å². The van der Waals surface area contributed by atoms with E-state index >= 15 is 0 Å². The fraction of sp³-hybridized carbons (Fsp3) is 0.885. The normalized spacial score (nSPS) is 30.6. The van der Waals surface area contributed by atoms with E-state index in [0.29, 0.717) is 19.4 Å². The minimum Gasteiger partial charge on any atom is -0.466 e. The summed E-state index contributed by atoms with van der Waals surface area (Å²) in [6, 6.07) is -0.758. The molecule has 194 valence electrons. The Kier molecular flexibility index (Phi) is 8.03. The first kappa shape index (κ1) is 26.9. The zero-order valence-electron chi connectivity index (χ0n) is 21.8. The molecule has 8 heteroatoms. The smallest absolute Gasteiger partial charge is 0.312 e. The summed E-state index contributed by atoms with van der Waals surface area (Å²) in [5.74, 6) is -2.10. The van der Waals surface area contributed by atoms with Gasteiger partial charge in [0.25, 0.3) is 0 Å². The Bertz CT molecular complexity index is 776. The van der Waals surface area contributed by atoms with Crippen LogP contribution in [0, 0.1) is 17.3 Å². The Morgan fingerprint density at radius 2 is 1.85 bits per heavy atom. The van der Waals surface area contributed by atoms with Crippen LogP contribution >= 0.6 is 0 Å². The van der Waals surface area contributed by atoms with E-state index < -0.39 is 35.0 Å². The van der Waals surface area contributed by atoms with Gasteiger partial charge in [0, 0.05) is 18.7 Å². The van der Waals surface area contributed by atoms with E-state index in [4.69, 9.17) is 14.6 Å². The first-order valence-corrected chi connectivity index (χ1v) is 12.9. The van der Waals surface area contributed by atoms with Gasteiger partial charge < -0.3 is 24.8 Å². The van der Waals surface area contributed by atoms with Crippen LogP contribution in [0.25, 0.3) is 0 Å². The summed E-state index contributed by atoms with van der Waals surface area (Å²) in [5.41, 5.74) is -1.42. The van der Waals surface area contributed by atoms with E-state index in [2.05, 4.69) is 26.1 Å². The van der Waals surface area contributed by atoms with Gasteiger partial charge in [0.15, 0.2) is 0 Å². The van der Waals surface area contributed by atoms with Gasteiger partial charge in [-0.15, -0.1) is 0 Å². The molecular weight excluding hydrogens is 436 g/mol. The summed E-state index contributed by atoms with van der Waals surface area (Å²) in [4.78, 5) is 42.1. The second-order valence-corrected chi connectivity index (χ2v) is 12.1. The molecule has 2 amide bonds. The topological polar surface area (TPSA) is 105 Å². The van der Waals surface area contributed by atoms with Crippen molar-refractivity contribution in [3.63, 3.8) is 0 Å². The molecule has 2 bridgehead atoms. The molecule has 34 heavy (non-hydrogen) atoms. The lowest BCUT2D eigenvalue weighted by Crippen LogP contribution is -2.59. The number of likely N-dealkylation sites (tertiary alicyclic amines) is 1. The van der Waals surface area contributed by atoms with Crippen LogP contribution in [0.15, 0.2) is 0 Å². The molecule has 3 aliphatic rings. The molecule has 8 nitrogen and oxygen atoms in total. The molecule has 5 atom stereocenters. The van der Waals surface area contributed by atoms with Crippen molar-refractivity contribution in [3.8, 4) is 0 Å². The van der Waals surface area contributed by atoms with Crippen LogP contribution < -0.4 is 5.32 Å². The third-order valence-electron chi connectivity index (χ3n) is 7.35. The number of carbonyl (C=O) groups excluding carboxylic acids is 3. The lowest BCUT2D eigenvalue weighted by atomic mass is 9.70. The van der Waals surface area contributed by atoms with Gasteiger partial charge in [-0.05, 0) is 58.3 Å². The first-order valence-electron chi connectivity index (χ1n) is 12.9. The fourth-order valence-electron chi connectivity index (χ4n) is 6.72. The summed E-state index contributed by atoms with van der Waals surface area (Å²) in [7, 11) is 0. The van der Waals surface area contributed by atoms with Crippen LogP contribution in [-0.2, 0) is 23.9 Å². The number of rotatable bonds is 11. The number of hydrogen-bond donors (Lipinski definition) is 2.